The first-order valence-electron chi connectivity index (χ1n) is 17.3. The van der Waals surface area contributed by atoms with Crippen molar-refractivity contribution in [3.63, 3.8) is 0 Å². The van der Waals surface area contributed by atoms with E-state index in [1.54, 1.807) is 0 Å². The van der Waals surface area contributed by atoms with Crippen LogP contribution in [0.3, 0.4) is 0 Å². The van der Waals surface area contributed by atoms with Crippen LogP contribution in [0.4, 0.5) is 0 Å². The Bertz CT molecular complexity index is 789. The molecule has 0 bridgehead atoms. The van der Waals surface area contributed by atoms with Crippen LogP contribution in [0.5, 0.6) is 0 Å². The number of rotatable bonds is 32. The first-order valence-corrected chi connectivity index (χ1v) is 18.8. The number of unbranched alkanes of at least 4 members (excludes halogenated alkanes) is 15. The summed E-state index contributed by atoms with van der Waals surface area (Å²) < 4.78 is 32.4. The standard InChI is InChI=1S/C34H64NO8P/c1-3-5-7-9-11-12-13-14-15-16-17-18-19-21-23-25-27-34(37)43-32(31-42-44(38,39)41-29-28-35)30-40-33(36)26-24-22-20-10-8-6-4-2/h12-13,15-16,32H,3-11,14,17-31,35H2,1-2H3,(H,38,39)/b13-12-,16-15-. The lowest BCUT2D eigenvalue weighted by Gasteiger charge is -2.19. The predicted octanol–water partition coefficient (Wildman–Crippen LogP) is 8.88. The predicted molar refractivity (Wildman–Crippen MR) is 178 cm³/mol. The molecule has 0 aliphatic rings. The number of hydrogen-bond donors (Lipinski definition) is 2. The highest BCUT2D eigenvalue weighted by atomic mass is 31.2. The van der Waals surface area contributed by atoms with Crippen LogP contribution in [0.2, 0.25) is 0 Å². The molecule has 0 aromatic heterocycles. The molecule has 0 spiro atoms. The van der Waals surface area contributed by atoms with Gasteiger partial charge >= 0.3 is 19.8 Å². The molecule has 10 heteroatoms. The summed E-state index contributed by atoms with van der Waals surface area (Å²) in [6.45, 7) is 3.62. The Morgan fingerprint density at radius 1 is 0.682 bits per heavy atom. The van der Waals surface area contributed by atoms with Gasteiger partial charge in [0.2, 0.25) is 0 Å². The third-order valence-corrected chi connectivity index (χ3v) is 8.07. The molecule has 0 heterocycles. The highest BCUT2D eigenvalue weighted by Gasteiger charge is 2.25. The van der Waals surface area contributed by atoms with Gasteiger partial charge in [0, 0.05) is 19.4 Å². The van der Waals surface area contributed by atoms with E-state index < -0.39 is 32.5 Å². The third kappa shape index (κ3) is 30.5. The smallest absolute Gasteiger partial charge is 0.462 e. The summed E-state index contributed by atoms with van der Waals surface area (Å²) in [4.78, 5) is 34.4. The zero-order valence-electron chi connectivity index (χ0n) is 27.9. The topological polar surface area (TPSA) is 134 Å². The van der Waals surface area contributed by atoms with Crippen molar-refractivity contribution in [2.24, 2.45) is 5.73 Å². The molecule has 0 aliphatic heterocycles. The SMILES string of the molecule is CCCCCC/C=C\C/C=C\CCCCCCCC(=O)OC(COC(=O)CCCCCCCCC)COP(=O)(O)OCCN. The van der Waals surface area contributed by atoms with E-state index in [0.29, 0.717) is 6.42 Å². The fourth-order valence-electron chi connectivity index (χ4n) is 4.49. The lowest BCUT2D eigenvalue weighted by molar-refractivity contribution is -0.161. The van der Waals surface area contributed by atoms with Crippen LogP contribution in [0.25, 0.3) is 0 Å². The normalized spacial score (nSPS) is 13.8. The van der Waals surface area contributed by atoms with Crippen molar-refractivity contribution in [3.8, 4) is 0 Å². The van der Waals surface area contributed by atoms with Crippen molar-refractivity contribution in [1.29, 1.82) is 0 Å². The van der Waals surface area contributed by atoms with Crippen LogP contribution < -0.4 is 5.73 Å². The van der Waals surface area contributed by atoms with Gasteiger partial charge in [0.25, 0.3) is 0 Å². The lowest BCUT2D eigenvalue weighted by atomic mass is 10.1. The van der Waals surface area contributed by atoms with Gasteiger partial charge in [-0.1, -0.05) is 115 Å². The van der Waals surface area contributed by atoms with Gasteiger partial charge in [-0.2, -0.15) is 0 Å². The van der Waals surface area contributed by atoms with E-state index in [0.717, 1.165) is 57.8 Å². The summed E-state index contributed by atoms with van der Waals surface area (Å²) in [6.07, 6.45) is 29.4. The second kappa shape index (κ2) is 31.5. The van der Waals surface area contributed by atoms with Crippen LogP contribution in [-0.4, -0.2) is 49.3 Å². The molecule has 0 radical (unpaired) electrons. The number of esters is 2. The number of allylic oxidation sites excluding steroid dienone is 4. The number of hydrogen-bond acceptors (Lipinski definition) is 8. The summed E-state index contributed by atoms with van der Waals surface area (Å²) in [7, 11) is -4.36. The second-order valence-electron chi connectivity index (χ2n) is 11.4. The minimum Gasteiger partial charge on any atom is -0.462 e. The Morgan fingerprint density at radius 2 is 1.18 bits per heavy atom. The molecular weight excluding hydrogens is 581 g/mol. The highest BCUT2D eigenvalue weighted by molar-refractivity contribution is 7.47. The lowest BCUT2D eigenvalue weighted by Crippen LogP contribution is -2.29. The molecule has 44 heavy (non-hydrogen) atoms. The van der Waals surface area contributed by atoms with E-state index in [4.69, 9.17) is 24.3 Å². The van der Waals surface area contributed by atoms with E-state index in [1.165, 1.54) is 57.8 Å². The molecule has 2 atom stereocenters. The molecule has 0 rings (SSSR count). The molecular formula is C34H64NO8P. The summed E-state index contributed by atoms with van der Waals surface area (Å²) in [5, 5.41) is 0. The number of phosphoric ester groups is 1. The zero-order chi connectivity index (χ0) is 32.6. The number of phosphoric acid groups is 1. The molecule has 258 valence electrons. The molecule has 0 aliphatic carbocycles. The average Bonchev–Trinajstić information content (AvgIpc) is 3.00. The molecule has 0 amide bonds. The van der Waals surface area contributed by atoms with Gasteiger partial charge in [-0.15, -0.1) is 0 Å². The maximum atomic E-state index is 12.4. The molecule has 0 saturated heterocycles. The summed E-state index contributed by atoms with van der Waals surface area (Å²) in [6, 6.07) is 0. The zero-order valence-corrected chi connectivity index (χ0v) is 28.8. The third-order valence-electron chi connectivity index (χ3n) is 7.09. The number of ether oxygens (including phenoxy) is 2. The maximum Gasteiger partial charge on any atom is 0.472 e. The number of carbonyl (C=O) groups is 2. The first kappa shape index (κ1) is 42.5. The summed E-state index contributed by atoms with van der Waals surface area (Å²) in [5.41, 5.74) is 5.31. The van der Waals surface area contributed by atoms with Gasteiger partial charge in [0.1, 0.15) is 6.61 Å². The van der Waals surface area contributed by atoms with Gasteiger partial charge in [-0.25, -0.2) is 4.57 Å². The van der Waals surface area contributed by atoms with E-state index in [-0.39, 0.29) is 32.6 Å². The second-order valence-corrected chi connectivity index (χ2v) is 12.8. The molecule has 3 N–H and O–H groups in total. The van der Waals surface area contributed by atoms with Crippen molar-refractivity contribution in [3.05, 3.63) is 24.3 Å². The van der Waals surface area contributed by atoms with Gasteiger partial charge in [-0.3, -0.25) is 18.6 Å². The average molecular weight is 646 g/mol. The fourth-order valence-corrected chi connectivity index (χ4v) is 5.25. The Morgan fingerprint density at radius 3 is 1.75 bits per heavy atom. The largest absolute Gasteiger partial charge is 0.472 e. The Hall–Kier alpha value is -1.51. The van der Waals surface area contributed by atoms with Gasteiger partial charge < -0.3 is 20.1 Å². The molecule has 0 aromatic carbocycles. The molecule has 9 nitrogen and oxygen atoms in total. The molecule has 0 fully saturated rings. The Kier molecular flexibility index (Phi) is 30.4. The van der Waals surface area contributed by atoms with Crippen molar-refractivity contribution in [2.45, 2.75) is 155 Å². The van der Waals surface area contributed by atoms with Crippen LogP contribution in [0, 0.1) is 0 Å². The minimum absolute atomic E-state index is 0.0517. The van der Waals surface area contributed by atoms with E-state index in [1.807, 2.05) is 0 Å². The van der Waals surface area contributed by atoms with E-state index >= 15 is 0 Å². The first-order chi connectivity index (χ1) is 21.3. The van der Waals surface area contributed by atoms with Crippen LogP contribution in [0.15, 0.2) is 24.3 Å². The van der Waals surface area contributed by atoms with Crippen LogP contribution in [-0.2, 0) is 32.7 Å². The fraction of sp³-hybridized carbons (Fsp3) is 0.824. The number of carbonyl (C=O) groups excluding carboxylic acids is 2. The quantitative estimate of drug-likeness (QED) is 0.0318. The Balaban J connectivity index is 4.25. The number of nitrogens with two attached hydrogens (primary N) is 1. The maximum absolute atomic E-state index is 12.4. The Labute approximate surface area is 268 Å². The summed E-state index contributed by atoms with van der Waals surface area (Å²) in [5.74, 6) is -0.853. The summed E-state index contributed by atoms with van der Waals surface area (Å²) >= 11 is 0. The van der Waals surface area contributed by atoms with Crippen molar-refractivity contribution < 1.29 is 37.6 Å². The van der Waals surface area contributed by atoms with Crippen molar-refractivity contribution in [2.75, 3.05) is 26.4 Å². The van der Waals surface area contributed by atoms with Gasteiger partial charge in [0.15, 0.2) is 6.10 Å². The van der Waals surface area contributed by atoms with Crippen LogP contribution >= 0.6 is 7.82 Å². The van der Waals surface area contributed by atoms with Crippen LogP contribution in [0.1, 0.15) is 149 Å². The van der Waals surface area contributed by atoms with Gasteiger partial charge in [-0.05, 0) is 44.9 Å². The monoisotopic (exact) mass is 645 g/mol. The van der Waals surface area contributed by atoms with E-state index in [2.05, 4.69) is 38.2 Å². The molecule has 2 unspecified atom stereocenters. The highest BCUT2D eigenvalue weighted by Crippen LogP contribution is 2.43. The molecule has 0 saturated carbocycles. The molecule has 0 aromatic rings. The minimum atomic E-state index is -4.36. The van der Waals surface area contributed by atoms with Crippen molar-refractivity contribution in [1.82, 2.24) is 0 Å². The van der Waals surface area contributed by atoms with Crippen molar-refractivity contribution >= 4 is 19.8 Å². The van der Waals surface area contributed by atoms with E-state index in [9.17, 15) is 19.0 Å². The van der Waals surface area contributed by atoms with Gasteiger partial charge in [0.05, 0.1) is 13.2 Å².